The number of ether oxygens (including phenoxy) is 5. The predicted octanol–water partition coefficient (Wildman–Crippen LogP) is 5.05. The van der Waals surface area contributed by atoms with Crippen molar-refractivity contribution in [2.24, 2.45) is 0 Å². The molecule has 1 aliphatic rings. The molecule has 0 spiro atoms. The predicted molar refractivity (Wildman–Crippen MR) is 126 cm³/mol. The third kappa shape index (κ3) is 3.62. The fourth-order valence-electron chi connectivity index (χ4n) is 3.92. The van der Waals surface area contributed by atoms with E-state index in [1.807, 2.05) is 34.8 Å². The molecular weight excluding hydrogens is 442 g/mol. The van der Waals surface area contributed by atoms with Gasteiger partial charge in [-0.15, -0.1) is 0 Å². The van der Waals surface area contributed by atoms with Crippen LogP contribution in [0, 0.1) is 0 Å². The van der Waals surface area contributed by atoms with Gasteiger partial charge in [-0.2, -0.15) is 5.10 Å². The Kier molecular flexibility index (Phi) is 5.49. The van der Waals surface area contributed by atoms with Gasteiger partial charge < -0.3 is 23.7 Å². The lowest BCUT2D eigenvalue weighted by molar-refractivity contribution is 0.324. The molecule has 0 amide bonds. The van der Waals surface area contributed by atoms with E-state index in [4.69, 9.17) is 33.8 Å². The molecule has 33 heavy (non-hydrogen) atoms. The Morgan fingerprint density at radius 2 is 1.42 bits per heavy atom. The molecule has 0 aliphatic heterocycles. The maximum Gasteiger partial charge on any atom is 0.213 e. The van der Waals surface area contributed by atoms with Crippen molar-refractivity contribution >= 4 is 16.3 Å². The molecule has 0 atom stereocenters. The minimum atomic E-state index is 0.534. The van der Waals surface area contributed by atoms with Crippen LogP contribution >= 0.6 is 11.3 Å². The van der Waals surface area contributed by atoms with Gasteiger partial charge in [0.2, 0.25) is 10.7 Å². The van der Waals surface area contributed by atoms with Crippen molar-refractivity contribution in [3.8, 4) is 51.3 Å². The van der Waals surface area contributed by atoms with Gasteiger partial charge in [0, 0.05) is 17.0 Å². The number of aromatic nitrogens is 3. The molecular formula is C24H25N3O5S. The van der Waals surface area contributed by atoms with E-state index in [1.54, 1.807) is 46.9 Å². The average molecular weight is 468 g/mol. The quantitative estimate of drug-likeness (QED) is 0.359. The zero-order chi connectivity index (χ0) is 23.1. The van der Waals surface area contributed by atoms with Crippen LogP contribution in [0.1, 0.15) is 23.8 Å². The second-order valence-corrected chi connectivity index (χ2v) is 8.69. The van der Waals surface area contributed by atoms with E-state index in [0.717, 1.165) is 32.5 Å². The van der Waals surface area contributed by atoms with Gasteiger partial charge in [-0.25, -0.2) is 9.50 Å². The average Bonchev–Trinajstić information content (AvgIpc) is 3.53. The number of hydrogen-bond donors (Lipinski definition) is 0. The molecule has 1 aliphatic carbocycles. The summed E-state index contributed by atoms with van der Waals surface area (Å²) in [5.41, 5.74) is 3.38. The summed E-state index contributed by atoms with van der Waals surface area (Å²) in [7, 11) is 8.04. The van der Waals surface area contributed by atoms with Crippen LogP contribution < -0.4 is 23.7 Å². The second-order valence-electron chi connectivity index (χ2n) is 7.70. The lowest BCUT2D eigenvalue weighted by atomic mass is 10.0. The van der Waals surface area contributed by atoms with Gasteiger partial charge in [0.15, 0.2) is 23.0 Å². The molecule has 5 rings (SSSR count). The van der Waals surface area contributed by atoms with E-state index in [2.05, 4.69) is 0 Å². The molecule has 0 N–H and O–H groups in total. The lowest BCUT2D eigenvalue weighted by Crippen LogP contribution is -1.97. The van der Waals surface area contributed by atoms with Crippen LogP contribution in [0.5, 0.6) is 28.7 Å². The van der Waals surface area contributed by atoms with E-state index in [1.165, 1.54) is 12.8 Å². The van der Waals surface area contributed by atoms with Gasteiger partial charge in [0.25, 0.3) is 0 Å². The highest BCUT2D eigenvalue weighted by atomic mass is 32.1. The third-order valence-corrected chi connectivity index (χ3v) is 6.81. The second kappa shape index (κ2) is 8.47. The van der Waals surface area contributed by atoms with Gasteiger partial charge in [-0.1, -0.05) is 11.3 Å². The Hall–Kier alpha value is -3.46. The zero-order valence-electron chi connectivity index (χ0n) is 19.2. The molecule has 0 unspecified atom stereocenters. The molecule has 9 heteroatoms. The van der Waals surface area contributed by atoms with Crippen LogP contribution in [0.25, 0.3) is 27.5 Å². The fraction of sp³-hybridized carbons (Fsp3) is 0.333. The van der Waals surface area contributed by atoms with E-state index in [-0.39, 0.29) is 0 Å². The van der Waals surface area contributed by atoms with Crippen molar-refractivity contribution in [3.05, 3.63) is 35.3 Å². The van der Waals surface area contributed by atoms with Crippen LogP contribution in [0.15, 0.2) is 30.3 Å². The Labute approximate surface area is 195 Å². The smallest absolute Gasteiger partial charge is 0.213 e. The summed E-state index contributed by atoms with van der Waals surface area (Å²) in [5, 5.41) is 6.05. The zero-order valence-corrected chi connectivity index (χ0v) is 20.0. The van der Waals surface area contributed by atoms with E-state index in [0.29, 0.717) is 34.7 Å². The standard InChI is InChI=1S/C24H25N3O5S/c1-28-16-9-8-14(10-17(16)29-2)21-20(25-24-27(21)26-23(33-24)13-6-7-13)15-11-18(30-3)22(32-5)19(12-15)31-4/h8-13H,6-7H2,1-5H3. The summed E-state index contributed by atoms with van der Waals surface area (Å²) >= 11 is 1.63. The van der Waals surface area contributed by atoms with Gasteiger partial charge in [-0.05, 0) is 43.2 Å². The normalized spacial score (nSPS) is 13.2. The number of imidazole rings is 1. The Bertz CT molecular complexity index is 1300. The van der Waals surface area contributed by atoms with Crippen LogP contribution in [-0.2, 0) is 0 Å². The lowest BCUT2D eigenvalue weighted by Gasteiger charge is -2.14. The molecule has 8 nitrogen and oxygen atoms in total. The summed E-state index contributed by atoms with van der Waals surface area (Å²) in [6, 6.07) is 9.63. The fourth-order valence-corrected chi connectivity index (χ4v) is 4.99. The highest BCUT2D eigenvalue weighted by Gasteiger charge is 2.30. The van der Waals surface area contributed by atoms with E-state index >= 15 is 0 Å². The minimum absolute atomic E-state index is 0.534. The minimum Gasteiger partial charge on any atom is -0.493 e. The number of nitrogens with zero attached hydrogens (tertiary/aromatic N) is 3. The number of methoxy groups -OCH3 is 5. The molecule has 0 radical (unpaired) electrons. The molecule has 2 aromatic heterocycles. The topological polar surface area (TPSA) is 76.3 Å². The first-order chi connectivity index (χ1) is 16.1. The highest BCUT2D eigenvalue weighted by Crippen LogP contribution is 2.46. The monoisotopic (exact) mass is 467 g/mol. The van der Waals surface area contributed by atoms with Gasteiger partial charge in [-0.3, -0.25) is 0 Å². The first-order valence-corrected chi connectivity index (χ1v) is 11.4. The highest BCUT2D eigenvalue weighted by molar-refractivity contribution is 7.16. The van der Waals surface area contributed by atoms with Crippen LogP contribution in [0.3, 0.4) is 0 Å². The summed E-state index contributed by atoms with van der Waals surface area (Å²) < 4.78 is 29.6. The Morgan fingerprint density at radius 1 is 0.788 bits per heavy atom. The molecule has 0 saturated heterocycles. The van der Waals surface area contributed by atoms with Crippen molar-refractivity contribution < 1.29 is 23.7 Å². The van der Waals surface area contributed by atoms with E-state index < -0.39 is 0 Å². The van der Waals surface area contributed by atoms with Crippen molar-refractivity contribution in [3.63, 3.8) is 0 Å². The molecule has 1 fully saturated rings. The largest absolute Gasteiger partial charge is 0.493 e. The Balaban J connectivity index is 1.76. The summed E-state index contributed by atoms with van der Waals surface area (Å²) in [6.45, 7) is 0. The first kappa shape index (κ1) is 21.4. The SMILES string of the molecule is COc1ccc(-c2c(-c3cc(OC)c(OC)c(OC)c3)nc3sc(C4CC4)nn23)cc1OC. The molecule has 172 valence electrons. The van der Waals surface area contributed by atoms with Crippen molar-refractivity contribution in [2.45, 2.75) is 18.8 Å². The van der Waals surface area contributed by atoms with Crippen molar-refractivity contribution in [1.29, 1.82) is 0 Å². The molecule has 2 aromatic carbocycles. The summed E-state index contributed by atoms with van der Waals surface area (Å²) in [5.74, 6) is 3.50. The molecule has 4 aromatic rings. The van der Waals surface area contributed by atoms with Crippen LogP contribution in [-0.4, -0.2) is 50.1 Å². The van der Waals surface area contributed by atoms with Gasteiger partial charge in [0.1, 0.15) is 16.4 Å². The van der Waals surface area contributed by atoms with Gasteiger partial charge >= 0.3 is 0 Å². The third-order valence-electron chi connectivity index (χ3n) is 5.74. The summed E-state index contributed by atoms with van der Waals surface area (Å²) in [4.78, 5) is 5.83. The van der Waals surface area contributed by atoms with Crippen molar-refractivity contribution in [2.75, 3.05) is 35.5 Å². The number of benzene rings is 2. The molecule has 1 saturated carbocycles. The number of rotatable bonds is 8. The molecule has 2 heterocycles. The molecule has 0 bridgehead atoms. The maximum atomic E-state index is 5.58. The van der Waals surface area contributed by atoms with Crippen LogP contribution in [0.2, 0.25) is 0 Å². The number of hydrogen-bond acceptors (Lipinski definition) is 8. The van der Waals surface area contributed by atoms with Gasteiger partial charge in [0.05, 0.1) is 35.5 Å². The maximum absolute atomic E-state index is 5.58. The first-order valence-electron chi connectivity index (χ1n) is 10.5. The van der Waals surface area contributed by atoms with Crippen molar-refractivity contribution in [1.82, 2.24) is 14.6 Å². The van der Waals surface area contributed by atoms with Crippen LogP contribution in [0.4, 0.5) is 0 Å². The Morgan fingerprint density at radius 3 is 2.00 bits per heavy atom. The summed E-state index contributed by atoms with van der Waals surface area (Å²) in [6.07, 6.45) is 2.37. The van der Waals surface area contributed by atoms with E-state index in [9.17, 15) is 0 Å². The number of fused-ring (bicyclic) bond motifs is 1.